The van der Waals surface area contributed by atoms with Gasteiger partial charge in [0.2, 0.25) is 0 Å². The smallest absolute Gasteiger partial charge is 0.106 e. The average molecular weight is 268 g/mol. The minimum atomic E-state index is 0.0678. The molecule has 1 saturated heterocycles. The fourth-order valence-electron chi connectivity index (χ4n) is 2.43. The Morgan fingerprint density at radius 2 is 1.40 bits per heavy atom. The van der Waals surface area contributed by atoms with Crippen LogP contribution in [0.5, 0.6) is 0 Å². The molecule has 104 valence electrons. The van der Waals surface area contributed by atoms with Crippen molar-refractivity contribution in [1.82, 2.24) is 0 Å². The summed E-state index contributed by atoms with van der Waals surface area (Å²) < 4.78 is 11.5. The first-order valence-electron chi connectivity index (χ1n) is 7.12. The summed E-state index contributed by atoms with van der Waals surface area (Å²) in [5, 5.41) is 0. The van der Waals surface area contributed by atoms with E-state index in [0.29, 0.717) is 13.2 Å². The third-order valence-corrected chi connectivity index (χ3v) is 3.73. The van der Waals surface area contributed by atoms with Crippen molar-refractivity contribution in [2.45, 2.75) is 26.1 Å². The van der Waals surface area contributed by atoms with Crippen LogP contribution in [0.4, 0.5) is 0 Å². The number of ether oxygens (including phenoxy) is 2. The topological polar surface area (TPSA) is 18.5 Å². The first-order chi connectivity index (χ1) is 9.72. The van der Waals surface area contributed by atoms with Gasteiger partial charge in [0.15, 0.2) is 0 Å². The molecule has 0 bridgehead atoms. The van der Waals surface area contributed by atoms with Crippen molar-refractivity contribution < 1.29 is 9.47 Å². The van der Waals surface area contributed by atoms with Crippen molar-refractivity contribution in [3.05, 3.63) is 59.7 Å². The van der Waals surface area contributed by atoms with E-state index in [1.165, 1.54) is 22.3 Å². The molecule has 2 heteroatoms. The summed E-state index contributed by atoms with van der Waals surface area (Å²) in [6, 6.07) is 17.2. The highest BCUT2D eigenvalue weighted by molar-refractivity contribution is 5.64. The number of benzene rings is 2. The summed E-state index contributed by atoms with van der Waals surface area (Å²) in [7, 11) is 0. The second-order valence-electron chi connectivity index (χ2n) is 5.45. The zero-order chi connectivity index (χ0) is 13.9. The summed E-state index contributed by atoms with van der Waals surface area (Å²) >= 11 is 0. The lowest BCUT2D eigenvalue weighted by Gasteiger charge is -2.27. The van der Waals surface area contributed by atoms with Crippen molar-refractivity contribution in [3.63, 3.8) is 0 Å². The lowest BCUT2D eigenvalue weighted by atomic mass is 10.0. The van der Waals surface area contributed by atoms with Gasteiger partial charge in [-0.1, -0.05) is 54.1 Å². The fourth-order valence-corrected chi connectivity index (χ4v) is 2.43. The van der Waals surface area contributed by atoms with E-state index < -0.39 is 0 Å². The fraction of sp³-hybridized carbons (Fsp3) is 0.333. The maximum absolute atomic E-state index is 5.81. The molecule has 1 heterocycles. The normalized spacial score (nSPS) is 22.7. The molecule has 2 atom stereocenters. The van der Waals surface area contributed by atoms with Crippen molar-refractivity contribution >= 4 is 0 Å². The van der Waals surface area contributed by atoms with Crippen molar-refractivity contribution in [1.29, 1.82) is 0 Å². The van der Waals surface area contributed by atoms with E-state index in [0.717, 1.165) is 0 Å². The van der Waals surface area contributed by atoms with Crippen LogP contribution in [-0.4, -0.2) is 19.3 Å². The number of rotatable bonds is 2. The van der Waals surface area contributed by atoms with E-state index in [1.807, 2.05) is 6.92 Å². The Bertz CT molecular complexity index is 549. The van der Waals surface area contributed by atoms with Crippen LogP contribution >= 0.6 is 0 Å². The van der Waals surface area contributed by atoms with Crippen LogP contribution in [0.25, 0.3) is 11.1 Å². The summed E-state index contributed by atoms with van der Waals surface area (Å²) in [5.41, 5.74) is 4.95. The van der Waals surface area contributed by atoms with Gasteiger partial charge in [-0.3, -0.25) is 0 Å². The molecule has 0 N–H and O–H groups in total. The van der Waals surface area contributed by atoms with Gasteiger partial charge in [-0.25, -0.2) is 0 Å². The Hall–Kier alpha value is -1.64. The summed E-state index contributed by atoms with van der Waals surface area (Å²) in [4.78, 5) is 0. The molecule has 0 amide bonds. The molecule has 0 radical (unpaired) electrons. The van der Waals surface area contributed by atoms with E-state index in [-0.39, 0.29) is 12.2 Å². The summed E-state index contributed by atoms with van der Waals surface area (Å²) in [6.45, 7) is 5.46. The summed E-state index contributed by atoms with van der Waals surface area (Å²) in [5.74, 6) is 0. The highest BCUT2D eigenvalue weighted by Crippen LogP contribution is 2.26. The number of aryl methyl sites for hydroxylation is 1. The van der Waals surface area contributed by atoms with Crippen LogP contribution in [0.15, 0.2) is 48.5 Å². The highest BCUT2D eigenvalue weighted by atomic mass is 16.6. The molecule has 2 aromatic carbocycles. The van der Waals surface area contributed by atoms with Gasteiger partial charge in [0.25, 0.3) is 0 Å². The standard InChI is InChI=1S/C18H20O2/c1-13-3-5-15(6-4-13)16-7-9-17(10-8-16)18-12-19-14(2)11-20-18/h3-10,14,18H,11-12H2,1-2H3. The van der Waals surface area contributed by atoms with Gasteiger partial charge in [-0.2, -0.15) is 0 Å². The van der Waals surface area contributed by atoms with Crippen LogP contribution in [-0.2, 0) is 9.47 Å². The van der Waals surface area contributed by atoms with Gasteiger partial charge in [0.1, 0.15) is 6.10 Å². The van der Waals surface area contributed by atoms with E-state index in [4.69, 9.17) is 9.47 Å². The molecule has 0 aromatic heterocycles. The SMILES string of the molecule is Cc1ccc(-c2ccc(C3COC(C)CO3)cc2)cc1. The Kier molecular flexibility index (Phi) is 3.86. The number of hydrogen-bond donors (Lipinski definition) is 0. The highest BCUT2D eigenvalue weighted by Gasteiger charge is 2.20. The second-order valence-corrected chi connectivity index (χ2v) is 5.45. The molecule has 0 aliphatic carbocycles. The molecule has 3 rings (SSSR count). The lowest BCUT2D eigenvalue weighted by molar-refractivity contribution is -0.128. The second kappa shape index (κ2) is 5.78. The Labute approximate surface area is 120 Å². The maximum atomic E-state index is 5.81. The lowest BCUT2D eigenvalue weighted by Crippen LogP contribution is -2.28. The molecule has 1 aliphatic heterocycles. The van der Waals surface area contributed by atoms with Crippen LogP contribution in [0.3, 0.4) is 0 Å². The molecule has 2 nitrogen and oxygen atoms in total. The van der Waals surface area contributed by atoms with Crippen LogP contribution in [0.1, 0.15) is 24.2 Å². The largest absolute Gasteiger partial charge is 0.373 e. The van der Waals surface area contributed by atoms with Crippen LogP contribution in [0, 0.1) is 6.92 Å². The molecular weight excluding hydrogens is 248 g/mol. The van der Waals surface area contributed by atoms with Gasteiger partial charge >= 0.3 is 0 Å². The third kappa shape index (κ3) is 2.92. The van der Waals surface area contributed by atoms with E-state index in [2.05, 4.69) is 55.5 Å². The van der Waals surface area contributed by atoms with Crippen LogP contribution in [0.2, 0.25) is 0 Å². The Morgan fingerprint density at radius 3 is 1.95 bits per heavy atom. The quantitative estimate of drug-likeness (QED) is 0.815. The molecular formula is C18H20O2. The van der Waals surface area contributed by atoms with Crippen LogP contribution < -0.4 is 0 Å². The van der Waals surface area contributed by atoms with E-state index in [9.17, 15) is 0 Å². The zero-order valence-corrected chi connectivity index (χ0v) is 12.0. The molecule has 2 unspecified atom stereocenters. The monoisotopic (exact) mass is 268 g/mol. The minimum absolute atomic E-state index is 0.0678. The molecule has 0 spiro atoms. The van der Waals surface area contributed by atoms with Gasteiger partial charge in [0, 0.05) is 0 Å². The number of hydrogen-bond acceptors (Lipinski definition) is 2. The Morgan fingerprint density at radius 1 is 0.800 bits per heavy atom. The van der Waals surface area contributed by atoms with E-state index in [1.54, 1.807) is 0 Å². The predicted octanol–water partition coefficient (Wildman–Crippen LogP) is 4.14. The summed E-state index contributed by atoms with van der Waals surface area (Å²) in [6.07, 6.45) is 0.274. The van der Waals surface area contributed by atoms with Gasteiger partial charge in [-0.15, -0.1) is 0 Å². The van der Waals surface area contributed by atoms with Crippen molar-refractivity contribution in [2.75, 3.05) is 13.2 Å². The molecule has 1 fully saturated rings. The Balaban J connectivity index is 1.76. The van der Waals surface area contributed by atoms with Gasteiger partial charge in [-0.05, 0) is 30.5 Å². The van der Waals surface area contributed by atoms with Crippen molar-refractivity contribution in [3.8, 4) is 11.1 Å². The molecule has 1 aliphatic rings. The maximum Gasteiger partial charge on any atom is 0.106 e. The van der Waals surface area contributed by atoms with Crippen molar-refractivity contribution in [2.24, 2.45) is 0 Å². The minimum Gasteiger partial charge on any atom is -0.373 e. The molecule has 2 aromatic rings. The first kappa shape index (κ1) is 13.3. The molecule has 0 saturated carbocycles. The zero-order valence-electron chi connectivity index (χ0n) is 12.0. The average Bonchev–Trinajstić information content (AvgIpc) is 2.49. The third-order valence-electron chi connectivity index (χ3n) is 3.73. The predicted molar refractivity (Wildman–Crippen MR) is 80.7 cm³/mol. The van der Waals surface area contributed by atoms with Gasteiger partial charge in [0.05, 0.1) is 19.3 Å². The van der Waals surface area contributed by atoms with E-state index >= 15 is 0 Å². The molecule has 20 heavy (non-hydrogen) atoms. The first-order valence-corrected chi connectivity index (χ1v) is 7.12. The van der Waals surface area contributed by atoms with Gasteiger partial charge < -0.3 is 9.47 Å².